The second-order valence-corrected chi connectivity index (χ2v) is 5.30. The SMILES string of the molecule is CCn1nc(C)c(Cl)c1COc1ccc(F)cc1C(C)N. The van der Waals surface area contributed by atoms with Gasteiger partial charge in [-0.05, 0) is 39.0 Å². The molecule has 0 aliphatic rings. The van der Waals surface area contributed by atoms with Crippen LogP contribution in [0.5, 0.6) is 5.75 Å². The summed E-state index contributed by atoms with van der Waals surface area (Å²) in [6.45, 7) is 6.59. The fourth-order valence-corrected chi connectivity index (χ4v) is 2.35. The molecule has 1 atom stereocenters. The molecule has 1 heterocycles. The number of rotatable bonds is 5. The lowest BCUT2D eigenvalue weighted by Gasteiger charge is -2.14. The predicted molar refractivity (Wildman–Crippen MR) is 81.0 cm³/mol. The summed E-state index contributed by atoms with van der Waals surface area (Å²) in [6, 6.07) is 4.01. The number of hydrogen-bond donors (Lipinski definition) is 1. The van der Waals surface area contributed by atoms with Gasteiger partial charge in [0.05, 0.1) is 16.4 Å². The molecule has 4 nitrogen and oxygen atoms in total. The highest BCUT2D eigenvalue weighted by Crippen LogP contribution is 2.27. The minimum atomic E-state index is -0.331. The lowest BCUT2D eigenvalue weighted by atomic mass is 10.1. The Morgan fingerprint density at radius 1 is 1.48 bits per heavy atom. The summed E-state index contributed by atoms with van der Waals surface area (Å²) in [6.07, 6.45) is 0. The maximum atomic E-state index is 13.3. The zero-order valence-corrected chi connectivity index (χ0v) is 13.1. The van der Waals surface area contributed by atoms with Crippen molar-refractivity contribution < 1.29 is 9.13 Å². The van der Waals surface area contributed by atoms with Gasteiger partial charge in [-0.15, -0.1) is 0 Å². The molecule has 1 unspecified atom stereocenters. The summed E-state index contributed by atoms with van der Waals surface area (Å²) in [4.78, 5) is 0. The number of ether oxygens (including phenoxy) is 1. The smallest absolute Gasteiger partial charge is 0.131 e. The van der Waals surface area contributed by atoms with Crippen molar-refractivity contribution in [3.8, 4) is 5.75 Å². The van der Waals surface area contributed by atoms with E-state index >= 15 is 0 Å². The molecule has 0 amide bonds. The zero-order chi connectivity index (χ0) is 15.6. The summed E-state index contributed by atoms with van der Waals surface area (Å²) >= 11 is 6.24. The number of halogens is 2. The Balaban J connectivity index is 2.25. The Hall–Kier alpha value is -1.59. The van der Waals surface area contributed by atoms with Crippen molar-refractivity contribution in [1.82, 2.24) is 9.78 Å². The van der Waals surface area contributed by atoms with Crippen LogP contribution in [0, 0.1) is 12.7 Å². The van der Waals surface area contributed by atoms with Crippen molar-refractivity contribution in [2.75, 3.05) is 0 Å². The maximum absolute atomic E-state index is 13.3. The van der Waals surface area contributed by atoms with Gasteiger partial charge >= 0.3 is 0 Å². The third-order valence-corrected chi connectivity index (χ3v) is 3.77. The second-order valence-electron chi connectivity index (χ2n) is 4.92. The molecule has 1 aromatic carbocycles. The van der Waals surface area contributed by atoms with Crippen LogP contribution in [0.3, 0.4) is 0 Å². The van der Waals surface area contributed by atoms with Gasteiger partial charge in [-0.25, -0.2) is 4.39 Å². The maximum Gasteiger partial charge on any atom is 0.131 e. The number of benzene rings is 1. The first-order chi connectivity index (χ1) is 9.93. The monoisotopic (exact) mass is 311 g/mol. The summed E-state index contributed by atoms with van der Waals surface area (Å²) < 4.78 is 20.9. The first-order valence-electron chi connectivity index (χ1n) is 6.83. The van der Waals surface area contributed by atoms with Gasteiger partial charge in [-0.2, -0.15) is 5.10 Å². The molecule has 0 fully saturated rings. The molecule has 0 saturated heterocycles. The van der Waals surface area contributed by atoms with Crippen molar-refractivity contribution >= 4 is 11.6 Å². The van der Waals surface area contributed by atoms with E-state index < -0.39 is 0 Å². The van der Waals surface area contributed by atoms with E-state index in [9.17, 15) is 4.39 Å². The van der Waals surface area contributed by atoms with Gasteiger partial charge in [0.25, 0.3) is 0 Å². The van der Waals surface area contributed by atoms with Gasteiger partial charge in [0.1, 0.15) is 18.2 Å². The van der Waals surface area contributed by atoms with E-state index in [-0.39, 0.29) is 18.5 Å². The van der Waals surface area contributed by atoms with Crippen molar-refractivity contribution in [1.29, 1.82) is 0 Å². The Kier molecular flexibility index (Phi) is 4.85. The lowest BCUT2D eigenvalue weighted by Crippen LogP contribution is -2.10. The molecule has 0 aliphatic carbocycles. The van der Waals surface area contributed by atoms with Crippen LogP contribution >= 0.6 is 11.6 Å². The molecule has 2 N–H and O–H groups in total. The number of nitrogens with two attached hydrogens (primary N) is 1. The van der Waals surface area contributed by atoms with E-state index in [0.29, 0.717) is 22.9 Å². The van der Waals surface area contributed by atoms with Crippen LogP contribution in [0.4, 0.5) is 4.39 Å². The van der Waals surface area contributed by atoms with E-state index in [1.807, 2.05) is 13.8 Å². The van der Waals surface area contributed by atoms with Gasteiger partial charge in [-0.1, -0.05) is 11.6 Å². The van der Waals surface area contributed by atoms with Crippen molar-refractivity contribution in [3.63, 3.8) is 0 Å². The summed E-state index contributed by atoms with van der Waals surface area (Å²) in [5.74, 6) is 0.228. The first-order valence-corrected chi connectivity index (χ1v) is 7.21. The van der Waals surface area contributed by atoms with Crippen LogP contribution in [0.15, 0.2) is 18.2 Å². The van der Waals surface area contributed by atoms with Crippen LogP contribution in [0.2, 0.25) is 5.02 Å². The topological polar surface area (TPSA) is 53.1 Å². The van der Waals surface area contributed by atoms with Crippen LogP contribution < -0.4 is 10.5 Å². The number of aromatic nitrogens is 2. The van der Waals surface area contributed by atoms with Gasteiger partial charge < -0.3 is 10.5 Å². The van der Waals surface area contributed by atoms with E-state index in [0.717, 1.165) is 11.4 Å². The highest BCUT2D eigenvalue weighted by atomic mass is 35.5. The van der Waals surface area contributed by atoms with Crippen molar-refractivity contribution in [3.05, 3.63) is 46.0 Å². The minimum absolute atomic E-state index is 0.263. The molecule has 0 bridgehead atoms. The highest BCUT2D eigenvalue weighted by molar-refractivity contribution is 6.31. The average Bonchev–Trinajstić information content (AvgIpc) is 2.72. The van der Waals surface area contributed by atoms with Gasteiger partial charge in [0.2, 0.25) is 0 Å². The normalized spacial score (nSPS) is 12.5. The molecule has 6 heteroatoms. The molecule has 2 rings (SSSR count). The Morgan fingerprint density at radius 2 is 2.19 bits per heavy atom. The summed E-state index contributed by atoms with van der Waals surface area (Å²) in [7, 11) is 0. The molecular weight excluding hydrogens is 293 g/mol. The fraction of sp³-hybridized carbons (Fsp3) is 0.400. The summed E-state index contributed by atoms with van der Waals surface area (Å²) in [5, 5.41) is 4.93. The van der Waals surface area contributed by atoms with Crippen LogP contribution in [-0.4, -0.2) is 9.78 Å². The molecule has 0 radical (unpaired) electrons. The number of aryl methyl sites for hydroxylation is 2. The third kappa shape index (κ3) is 3.36. The number of nitrogens with zero attached hydrogens (tertiary/aromatic N) is 2. The Morgan fingerprint density at radius 3 is 2.81 bits per heavy atom. The average molecular weight is 312 g/mol. The highest BCUT2D eigenvalue weighted by Gasteiger charge is 2.15. The molecule has 0 saturated carbocycles. The number of hydrogen-bond acceptors (Lipinski definition) is 3. The third-order valence-electron chi connectivity index (χ3n) is 3.28. The second kappa shape index (κ2) is 6.45. The molecular formula is C15H19ClFN3O. The van der Waals surface area contributed by atoms with E-state index in [2.05, 4.69) is 5.10 Å². The Bertz CT molecular complexity index is 640. The van der Waals surface area contributed by atoms with Crippen LogP contribution in [-0.2, 0) is 13.2 Å². The predicted octanol–water partition coefficient (Wildman–Crippen LogP) is 3.60. The fourth-order valence-electron chi connectivity index (χ4n) is 2.16. The largest absolute Gasteiger partial charge is 0.487 e. The lowest BCUT2D eigenvalue weighted by molar-refractivity contribution is 0.288. The molecule has 0 aliphatic heterocycles. The van der Waals surface area contributed by atoms with Crippen molar-refractivity contribution in [2.45, 2.75) is 40.0 Å². The molecule has 114 valence electrons. The molecule has 21 heavy (non-hydrogen) atoms. The molecule has 0 spiro atoms. The Labute approximate surface area is 128 Å². The quantitative estimate of drug-likeness (QED) is 0.918. The van der Waals surface area contributed by atoms with Gasteiger partial charge in [0.15, 0.2) is 0 Å². The van der Waals surface area contributed by atoms with Crippen LogP contribution in [0.25, 0.3) is 0 Å². The minimum Gasteiger partial charge on any atom is -0.487 e. The van der Waals surface area contributed by atoms with Gasteiger partial charge in [-0.3, -0.25) is 4.68 Å². The van der Waals surface area contributed by atoms with Crippen LogP contribution in [0.1, 0.15) is 36.8 Å². The standard InChI is InChI=1S/C15H19ClFN3O/c1-4-20-13(15(16)10(3)19-20)8-21-14-6-5-11(17)7-12(14)9(2)18/h5-7,9H,4,8,18H2,1-3H3. The van der Waals surface area contributed by atoms with E-state index in [4.69, 9.17) is 22.1 Å². The van der Waals surface area contributed by atoms with Crippen molar-refractivity contribution in [2.24, 2.45) is 5.73 Å². The zero-order valence-electron chi connectivity index (χ0n) is 12.4. The van der Waals surface area contributed by atoms with E-state index in [1.165, 1.54) is 12.1 Å². The van der Waals surface area contributed by atoms with Gasteiger partial charge in [0, 0.05) is 18.2 Å². The first kappa shape index (κ1) is 15.8. The molecule has 1 aromatic heterocycles. The molecule has 2 aromatic rings. The summed E-state index contributed by atoms with van der Waals surface area (Å²) in [5.41, 5.74) is 8.05. The van der Waals surface area contributed by atoms with E-state index in [1.54, 1.807) is 17.7 Å².